The van der Waals surface area contributed by atoms with E-state index < -0.39 is 0 Å². The SMILES string of the molecule is CC[C@@H]1CN(C(=O)N2CCC(C(=O)NCc3ccc(Cl)cc3)CC2)c2ccccc2O1. The Bertz CT molecular complexity index is 926. The molecule has 164 valence electrons. The van der Waals surface area contributed by atoms with Gasteiger partial charge in [-0.3, -0.25) is 9.69 Å². The number of halogens is 1. The third kappa shape index (κ3) is 4.96. The summed E-state index contributed by atoms with van der Waals surface area (Å²) in [4.78, 5) is 29.6. The van der Waals surface area contributed by atoms with Crippen LogP contribution in [0.5, 0.6) is 5.75 Å². The average molecular weight is 442 g/mol. The maximum absolute atomic E-state index is 13.3. The smallest absolute Gasteiger partial charge is 0.324 e. The standard InChI is InChI=1S/C24H28ClN3O3/c1-2-20-16-28(21-5-3-4-6-22(21)31-20)24(30)27-13-11-18(12-14-27)23(29)26-15-17-7-9-19(25)10-8-17/h3-10,18,20H,2,11-16H2,1H3,(H,26,29)/t20-/m1/s1. The summed E-state index contributed by atoms with van der Waals surface area (Å²) in [5, 5.41) is 3.69. The molecule has 0 aliphatic carbocycles. The molecular weight excluding hydrogens is 414 g/mol. The van der Waals surface area contributed by atoms with Gasteiger partial charge >= 0.3 is 6.03 Å². The average Bonchev–Trinajstić information content (AvgIpc) is 2.82. The van der Waals surface area contributed by atoms with E-state index in [9.17, 15) is 9.59 Å². The Morgan fingerprint density at radius 2 is 1.81 bits per heavy atom. The molecule has 0 radical (unpaired) electrons. The number of ether oxygens (including phenoxy) is 1. The third-order valence-corrected chi connectivity index (χ3v) is 6.29. The number of piperidine rings is 1. The molecule has 2 aliphatic heterocycles. The van der Waals surface area contributed by atoms with Crippen LogP contribution in [0.4, 0.5) is 10.5 Å². The molecule has 0 saturated carbocycles. The minimum atomic E-state index is -0.0725. The van der Waals surface area contributed by atoms with Crippen molar-refractivity contribution in [1.29, 1.82) is 0 Å². The number of hydrogen-bond acceptors (Lipinski definition) is 3. The Balaban J connectivity index is 1.32. The van der Waals surface area contributed by atoms with Crippen LogP contribution in [0.2, 0.25) is 5.02 Å². The first-order chi connectivity index (χ1) is 15.0. The summed E-state index contributed by atoms with van der Waals surface area (Å²) in [6.07, 6.45) is 2.17. The molecule has 2 aromatic rings. The zero-order valence-corrected chi connectivity index (χ0v) is 18.5. The van der Waals surface area contributed by atoms with Crippen LogP contribution in [-0.4, -0.2) is 42.6 Å². The van der Waals surface area contributed by atoms with Crippen molar-refractivity contribution in [3.05, 3.63) is 59.1 Å². The minimum Gasteiger partial charge on any atom is -0.486 e. The molecule has 1 atom stereocenters. The number of benzene rings is 2. The number of rotatable bonds is 4. The zero-order valence-electron chi connectivity index (χ0n) is 17.7. The molecule has 1 fully saturated rings. The molecule has 0 bridgehead atoms. The molecule has 2 heterocycles. The molecule has 1 N–H and O–H groups in total. The lowest BCUT2D eigenvalue weighted by Gasteiger charge is -2.39. The van der Waals surface area contributed by atoms with E-state index in [1.54, 1.807) is 0 Å². The first-order valence-electron chi connectivity index (χ1n) is 10.9. The van der Waals surface area contributed by atoms with Crippen LogP contribution >= 0.6 is 11.6 Å². The Labute approximate surface area is 188 Å². The maximum atomic E-state index is 13.3. The molecule has 2 aliphatic rings. The molecule has 31 heavy (non-hydrogen) atoms. The monoisotopic (exact) mass is 441 g/mol. The van der Waals surface area contributed by atoms with E-state index >= 15 is 0 Å². The van der Waals surface area contributed by atoms with Crippen LogP contribution in [0.25, 0.3) is 0 Å². The molecule has 3 amide bonds. The van der Waals surface area contributed by atoms with Crippen molar-refractivity contribution in [3.8, 4) is 5.75 Å². The van der Waals surface area contributed by atoms with Crippen LogP contribution in [0.3, 0.4) is 0 Å². The van der Waals surface area contributed by atoms with Gasteiger partial charge in [-0.25, -0.2) is 4.79 Å². The molecule has 4 rings (SSSR count). The van der Waals surface area contributed by atoms with E-state index in [0.717, 1.165) is 23.4 Å². The van der Waals surface area contributed by atoms with Crippen molar-refractivity contribution >= 4 is 29.2 Å². The molecule has 0 aromatic heterocycles. The quantitative estimate of drug-likeness (QED) is 0.761. The molecule has 0 unspecified atom stereocenters. The van der Waals surface area contributed by atoms with Gasteiger partial charge in [0.2, 0.25) is 5.91 Å². The summed E-state index contributed by atoms with van der Waals surface area (Å²) in [6.45, 7) is 4.25. The van der Waals surface area contributed by atoms with Crippen LogP contribution in [0.1, 0.15) is 31.7 Å². The van der Waals surface area contributed by atoms with E-state index in [-0.39, 0.29) is 24.0 Å². The predicted molar refractivity (Wildman–Crippen MR) is 121 cm³/mol. The van der Waals surface area contributed by atoms with E-state index in [4.69, 9.17) is 16.3 Å². The fraction of sp³-hybridized carbons (Fsp3) is 0.417. The zero-order chi connectivity index (χ0) is 21.8. The first-order valence-corrected chi connectivity index (χ1v) is 11.3. The van der Waals surface area contributed by atoms with E-state index in [1.165, 1.54) is 0 Å². The summed E-state index contributed by atoms with van der Waals surface area (Å²) in [5.41, 5.74) is 1.84. The second-order valence-electron chi connectivity index (χ2n) is 8.11. The molecule has 1 saturated heterocycles. The molecular formula is C24H28ClN3O3. The Hall–Kier alpha value is -2.73. The summed E-state index contributed by atoms with van der Waals surface area (Å²) in [7, 11) is 0. The van der Waals surface area contributed by atoms with E-state index in [0.29, 0.717) is 44.0 Å². The topological polar surface area (TPSA) is 61.9 Å². The fourth-order valence-electron chi connectivity index (χ4n) is 4.13. The van der Waals surface area contributed by atoms with Gasteiger partial charge in [0.05, 0.1) is 12.2 Å². The maximum Gasteiger partial charge on any atom is 0.324 e. The fourth-order valence-corrected chi connectivity index (χ4v) is 4.26. The lowest BCUT2D eigenvalue weighted by atomic mass is 9.96. The number of carbonyl (C=O) groups is 2. The first kappa shape index (κ1) is 21.5. The second kappa shape index (κ2) is 9.60. The second-order valence-corrected chi connectivity index (χ2v) is 8.55. The molecule has 0 spiro atoms. The van der Waals surface area contributed by atoms with Gasteiger partial charge in [-0.1, -0.05) is 42.8 Å². The number of amides is 3. The van der Waals surface area contributed by atoms with Crippen molar-refractivity contribution in [2.24, 2.45) is 5.92 Å². The van der Waals surface area contributed by atoms with Crippen molar-refractivity contribution in [2.75, 3.05) is 24.5 Å². The number of fused-ring (bicyclic) bond motifs is 1. The van der Waals surface area contributed by atoms with Crippen LogP contribution in [0.15, 0.2) is 48.5 Å². The number of para-hydroxylation sites is 2. The highest BCUT2D eigenvalue weighted by molar-refractivity contribution is 6.30. The van der Waals surface area contributed by atoms with Crippen LogP contribution in [0, 0.1) is 5.92 Å². The predicted octanol–water partition coefficient (Wildman–Crippen LogP) is 4.47. The van der Waals surface area contributed by atoms with E-state index in [2.05, 4.69) is 12.2 Å². The minimum absolute atomic E-state index is 0.00460. The normalized spacial score (nSPS) is 18.8. The number of likely N-dealkylation sites (tertiary alicyclic amines) is 1. The summed E-state index contributed by atoms with van der Waals surface area (Å²) in [5.74, 6) is 0.729. The Morgan fingerprint density at radius 1 is 1.10 bits per heavy atom. The molecule has 6 nitrogen and oxygen atoms in total. The number of urea groups is 1. The van der Waals surface area contributed by atoms with E-state index in [1.807, 2.05) is 58.3 Å². The molecule has 2 aromatic carbocycles. The van der Waals surface area contributed by atoms with Gasteiger partial charge in [0, 0.05) is 30.6 Å². The number of nitrogens with one attached hydrogen (secondary N) is 1. The Kier molecular flexibility index (Phi) is 6.66. The van der Waals surface area contributed by atoms with Gasteiger partial charge in [0.15, 0.2) is 0 Å². The largest absolute Gasteiger partial charge is 0.486 e. The van der Waals surface area contributed by atoms with Crippen molar-refractivity contribution < 1.29 is 14.3 Å². The van der Waals surface area contributed by atoms with Crippen molar-refractivity contribution in [2.45, 2.75) is 38.8 Å². The highest BCUT2D eigenvalue weighted by Gasteiger charge is 2.34. The highest BCUT2D eigenvalue weighted by Crippen LogP contribution is 2.35. The lowest BCUT2D eigenvalue weighted by Crippen LogP contribution is -2.52. The lowest BCUT2D eigenvalue weighted by molar-refractivity contribution is -0.126. The van der Waals surface area contributed by atoms with Gasteiger partial charge < -0.3 is 15.0 Å². The van der Waals surface area contributed by atoms with Crippen molar-refractivity contribution in [3.63, 3.8) is 0 Å². The van der Waals surface area contributed by atoms with Crippen LogP contribution in [-0.2, 0) is 11.3 Å². The number of hydrogen-bond donors (Lipinski definition) is 1. The van der Waals surface area contributed by atoms with Crippen molar-refractivity contribution in [1.82, 2.24) is 10.2 Å². The number of carbonyl (C=O) groups excluding carboxylic acids is 2. The third-order valence-electron chi connectivity index (χ3n) is 6.04. The Morgan fingerprint density at radius 3 is 2.52 bits per heavy atom. The van der Waals surface area contributed by atoms with Gasteiger partial charge in [0.1, 0.15) is 11.9 Å². The number of anilines is 1. The van der Waals surface area contributed by atoms with Gasteiger partial charge in [-0.2, -0.15) is 0 Å². The van der Waals surface area contributed by atoms with Gasteiger partial charge in [-0.05, 0) is 49.1 Å². The highest BCUT2D eigenvalue weighted by atomic mass is 35.5. The summed E-state index contributed by atoms with van der Waals surface area (Å²) >= 11 is 5.91. The number of nitrogens with zero attached hydrogens (tertiary/aromatic N) is 2. The van der Waals surface area contributed by atoms with Gasteiger partial charge in [-0.15, -0.1) is 0 Å². The summed E-state index contributed by atoms with van der Waals surface area (Å²) < 4.78 is 5.99. The van der Waals surface area contributed by atoms with Gasteiger partial charge in [0.25, 0.3) is 0 Å². The van der Waals surface area contributed by atoms with Crippen LogP contribution < -0.4 is 15.0 Å². The molecule has 7 heteroatoms. The summed E-state index contributed by atoms with van der Waals surface area (Å²) in [6, 6.07) is 15.1.